The number of likely N-dealkylation sites (tertiary alicyclic amines) is 1. The molecule has 256 valence electrons. The summed E-state index contributed by atoms with van der Waals surface area (Å²) in [7, 11) is 0. The minimum Gasteiger partial charge on any atom is -0.456 e. The molecule has 11 heteroatoms. The van der Waals surface area contributed by atoms with Gasteiger partial charge in [0.15, 0.2) is 5.60 Å². The van der Waals surface area contributed by atoms with Crippen molar-refractivity contribution >= 4 is 35.5 Å². The second-order valence-corrected chi connectivity index (χ2v) is 14.3. The zero-order valence-electron chi connectivity index (χ0n) is 28.3. The van der Waals surface area contributed by atoms with E-state index >= 15 is 0 Å². The van der Waals surface area contributed by atoms with Crippen LogP contribution in [-0.2, 0) is 37.8 Å². The van der Waals surface area contributed by atoms with Gasteiger partial charge in [0.05, 0.1) is 11.6 Å². The molecule has 10 nitrogen and oxygen atoms in total. The number of carbonyl (C=O) groups excluding carboxylic acids is 4. The summed E-state index contributed by atoms with van der Waals surface area (Å²) < 4.78 is 10.8. The maximum Gasteiger partial charge on any atom is 0.407 e. The van der Waals surface area contributed by atoms with Crippen LogP contribution in [0.15, 0.2) is 72.8 Å². The Balaban J connectivity index is 1.52. The lowest BCUT2D eigenvalue weighted by Gasteiger charge is -2.30. The van der Waals surface area contributed by atoms with Gasteiger partial charge < -0.3 is 19.9 Å². The van der Waals surface area contributed by atoms with Crippen molar-refractivity contribution in [2.24, 2.45) is 0 Å². The number of alkyl carbamates (subject to hydrolysis) is 1. The Morgan fingerprint density at radius 3 is 2.10 bits per heavy atom. The summed E-state index contributed by atoms with van der Waals surface area (Å²) in [6.45, 7) is 11.8. The smallest absolute Gasteiger partial charge is 0.407 e. The lowest BCUT2D eigenvalue weighted by Crippen LogP contribution is -2.52. The Labute approximate surface area is 286 Å². The van der Waals surface area contributed by atoms with E-state index in [0.717, 1.165) is 11.1 Å². The molecule has 0 aromatic heterocycles. The number of rotatable bonds is 9. The number of hydrogen-bond donors (Lipinski definition) is 3. The first-order valence-corrected chi connectivity index (χ1v) is 16.3. The Kier molecular flexibility index (Phi) is 11.3. The third kappa shape index (κ3) is 9.43. The number of carbonyl (C=O) groups is 4. The van der Waals surface area contributed by atoms with Crippen molar-refractivity contribution in [2.45, 2.75) is 90.3 Å². The molecule has 0 spiro atoms. The lowest BCUT2D eigenvalue weighted by atomic mass is 9.85. The summed E-state index contributed by atoms with van der Waals surface area (Å²) in [5.74, 6) is -2.00. The standard InChI is InChI=1S/C37H44ClN3O7/c1-35(2,3)47-32(43)24-14-17-28(18-15-24)37(46,27-11-8-7-9-12-27)33(44)40-31(42)30-13-10-20-41(30)23-26-21-29(38)19-16-25(26)22-39-34(45)48-36(4,5)6/h7-9,11-12,14-19,21,30,46H,10,13,20,22-23H2,1-6H3,(H,39,45)(H,40,42,44)/t30-,37?/m0/s1. The summed E-state index contributed by atoms with van der Waals surface area (Å²) in [5.41, 5.74) is -1.27. The summed E-state index contributed by atoms with van der Waals surface area (Å²) in [4.78, 5) is 54.4. The highest BCUT2D eigenvalue weighted by Gasteiger charge is 2.43. The van der Waals surface area contributed by atoms with Gasteiger partial charge in [-0.25, -0.2) is 9.59 Å². The topological polar surface area (TPSA) is 134 Å². The second-order valence-electron chi connectivity index (χ2n) is 13.9. The number of hydrogen-bond acceptors (Lipinski definition) is 8. The van der Waals surface area contributed by atoms with Gasteiger partial charge in [-0.2, -0.15) is 0 Å². The SMILES string of the molecule is CC(C)(C)OC(=O)NCc1ccc(Cl)cc1CN1CCC[C@H]1C(=O)NC(=O)C(O)(c1ccccc1)c1ccc(C(=O)OC(C)(C)C)cc1. The monoisotopic (exact) mass is 677 g/mol. The highest BCUT2D eigenvalue weighted by molar-refractivity contribution is 6.30. The number of ether oxygens (including phenoxy) is 2. The molecule has 1 unspecified atom stereocenters. The highest BCUT2D eigenvalue weighted by atomic mass is 35.5. The van der Waals surface area contributed by atoms with Crippen molar-refractivity contribution in [1.82, 2.24) is 15.5 Å². The van der Waals surface area contributed by atoms with E-state index in [9.17, 15) is 24.3 Å². The van der Waals surface area contributed by atoms with Gasteiger partial charge in [-0.15, -0.1) is 0 Å². The van der Waals surface area contributed by atoms with Crippen molar-refractivity contribution < 1.29 is 33.8 Å². The zero-order chi connectivity index (χ0) is 35.3. The second kappa shape index (κ2) is 14.9. The minimum absolute atomic E-state index is 0.177. The van der Waals surface area contributed by atoms with Crippen molar-refractivity contribution in [3.8, 4) is 0 Å². The molecular weight excluding hydrogens is 634 g/mol. The number of imide groups is 1. The number of aliphatic hydroxyl groups is 1. The molecule has 1 heterocycles. The third-order valence-corrected chi connectivity index (χ3v) is 7.96. The number of amides is 3. The average Bonchev–Trinajstić information content (AvgIpc) is 3.47. The van der Waals surface area contributed by atoms with E-state index in [4.69, 9.17) is 21.1 Å². The van der Waals surface area contributed by atoms with Crippen LogP contribution in [0.1, 0.15) is 87.0 Å². The maximum absolute atomic E-state index is 13.9. The van der Waals surface area contributed by atoms with Gasteiger partial charge in [-0.3, -0.25) is 19.8 Å². The first-order chi connectivity index (χ1) is 22.5. The molecule has 4 rings (SSSR count). The fraction of sp³-hybridized carbons (Fsp3) is 0.405. The van der Waals surface area contributed by atoms with E-state index in [1.807, 2.05) is 11.0 Å². The van der Waals surface area contributed by atoms with E-state index in [2.05, 4.69) is 10.6 Å². The van der Waals surface area contributed by atoms with Crippen molar-refractivity contribution in [1.29, 1.82) is 0 Å². The molecule has 0 bridgehead atoms. The zero-order valence-corrected chi connectivity index (χ0v) is 29.0. The van der Waals surface area contributed by atoms with E-state index in [1.54, 1.807) is 84.0 Å². The summed E-state index contributed by atoms with van der Waals surface area (Å²) in [6, 6.07) is 18.9. The van der Waals surface area contributed by atoms with Crippen LogP contribution in [0.3, 0.4) is 0 Å². The molecule has 0 saturated carbocycles. The first-order valence-electron chi connectivity index (χ1n) is 15.9. The van der Waals surface area contributed by atoms with Gasteiger partial charge in [-0.1, -0.05) is 60.1 Å². The van der Waals surface area contributed by atoms with Crippen LogP contribution >= 0.6 is 11.6 Å². The molecule has 3 aromatic carbocycles. The molecule has 1 aliphatic rings. The van der Waals surface area contributed by atoms with Crippen molar-refractivity contribution in [3.05, 3.63) is 106 Å². The fourth-order valence-corrected chi connectivity index (χ4v) is 5.70. The number of benzene rings is 3. The predicted molar refractivity (Wildman–Crippen MR) is 182 cm³/mol. The molecule has 3 amide bonds. The highest BCUT2D eigenvalue weighted by Crippen LogP contribution is 2.31. The molecule has 48 heavy (non-hydrogen) atoms. The lowest BCUT2D eigenvalue weighted by molar-refractivity contribution is -0.143. The predicted octanol–water partition coefficient (Wildman–Crippen LogP) is 5.86. The quantitative estimate of drug-likeness (QED) is 0.240. The normalized spacial score (nSPS) is 16.5. The van der Waals surface area contributed by atoms with Gasteiger partial charge in [0.1, 0.15) is 11.2 Å². The molecule has 1 saturated heterocycles. The molecule has 1 fully saturated rings. The number of halogens is 1. The maximum atomic E-state index is 13.9. The van der Waals surface area contributed by atoms with Crippen molar-refractivity contribution in [3.63, 3.8) is 0 Å². The Bertz CT molecular complexity index is 1630. The molecular formula is C37H44ClN3O7. The van der Waals surface area contributed by atoms with Crippen LogP contribution < -0.4 is 10.6 Å². The van der Waals surface area contributed by atoms with Gasteiger partial charge >= 0.3 is 12.1 Å². The minimum atomic E-state index is -2.24. The summed E-state index contributed by atoms with van der Waals surface area (Å²) >= 11 is 6.33. The van der Waals surface area contributed by atoms with Crippen molar-refractivity contribution in [2.75, 3.05) is 6.54 Å². The Morgan fingerprint density at radius 1 is 0.854 bits per heavy atom. The van der Waals surface area contributed by atoms with E-state index in [-0.39, 0.29) is 23.2 Å². The molecule has 3 aromatic rings. The molecule has 0 aliphatic carbocycles. The number of nitrogens with zero attached hydrogens (tertiary/aromatic N) is 1. The molecule has 0 radical (unpaired) electrons. The van der Waals surface area contributed by atoms with Crippen LogP contribution in [0, 0.1) is 0 Å². The van der Waals surface area contributed by atoms with Crippen LogP contribution in [0.2, 0.25) is 5.02 Å². The average molecular weight is 678 g/mol. The van der Waals surface area contributed by atoms with Crippen LogP contribution in [0.5, 0.6) is 0 Å². The fourth-order valence-electron chi connectivity index (χ4n) is 5.51. The van der Waals surface area contributed by atoms with Crippen LogP contribution in [0.25, 0.3) is 0 Å². The Hall–Kier alpha value is -4.25. The Morgan fingerprint density at radius 2 is 1.48 bits per heavy atom. The van der Waals surface area contributed by atoms with Crippen LogP contribution in [0.4, 0.5) is 4.79 Å². The molecule has 3 N–H and O–H groups in total. The largest absolute Gasteiger partial charge is 0.456 e. The van der Waals surface area contributed by atoms with Gasteiger partial charge in [0.25, 0.3) is 5.91 Å². The number of nitrogens with one attached hydrogen (secondary N) is 2. The summed E-state index contributed by atoms with van der Waals surface area (Å²) in [5, 5.41) is 17.8. The molecule has 2 atom stereocenters. The van der Waals surface area contributed by atoms with E-state index in [1.165, 1.54) is 24.3 Å². The van der Waals surface area contributed by atoms with E-state index < -0.39 is 46.7 Å². The van der Waals surface area contributed by atoms with Gasteiger partial charge in [0.2, 0.25) is 5.91 Å². The van der Waals surface area contributed by atoms with Gasteiger partial charge in [0, 0.05) is 18.1 Å². The number of esters is 1. The van der Waals surface area contributed by atoms with Crippen LogP contribution in [-0.4, -0.2) is 57.7 Å². The third-order valence-electron chi connectivity index (χ3n) is 7.72. The van der Waals surface area contributed by atoms with E-state index in [0.29, 0.717) is 31.0 Å². The summed E-state index contributed by atoms with van der Waals surface area (Å²) in [6.07, 6.45) is 0.665. The first kappa shape index (κ1) is 36.6. The van der Waals surface area contributed by atoms with Gasteiger partial charge in [-0.05, 0) is 107 Å². The molecule has 1 aliphatic heterocycles.